The zero-order chi connectivity index (χ0) is 15.8. The number of benzene rings is 1. The third kappa shape index (κ3) is 4.39. The Morgan fingerprint density at radius 1 is 1.33 bits per heavy atom. The first-order valence-electron chi connectivity index (χ1n) is 6.33. The zero-order valence-electron chi connectivity index (χ0n) is 11.5. The van der Waals surface area contributed by atoms with E-state index < -0.39 is 9.05 Å². The highest BCUT2D eigenvalue weighted by atomic mass is 35.7. The van der Waals surface area contributed by atoms with Crippen molar-refractivity contribution in [3.63, 3.8) is 0 Å². The molecule has 1 aromatic carbocycles. The van der Waals surface area contributed by atoms with E-state index in [-0.39, 0.29) is 26.6 Å². The van der Waals surface area contributed by atoms with Crippen LogP contribution in [0.4, 0.5) is 0 Å². The summed E-state index contributed by atoms with van der Waals surface area (Å²) in [6.07, 6.45) is 1.83. The van der Waals surface area contributed by atoms with Crippen LogP contribution in [0.1, 0.15) is 26.7 Å². The highest BCUT2D eigenvalue weighted by Crippen LogP contribution is 2.36. The molecule has 1 heterocycles. The van der Waals surface area contributed by atoms with E-state index in [4.69, 9.17) is 43.4 Å². The average Bonchev–Trinajstić information content (AvgIpc) is 2.68. The van der Waals surface area contributed by atoms with E-state index >= 15 is 0 Å². The normalized spacial score (nSPS) is 21.5. The van der Waals surface area contributed by atoms with Crippen molar-refractivity contribution in [2.45, 2.75) is 43.3 Å². The van der Waals surface area contributed by atoms with Gasteiger partial charge in [0.25, 0.3) is 9.05 Å². The van der Waals surface area contributed by atoms with Gasteiger partial charge in [0.2, 0.25) is 0 Å². The lowest BCUT2D eigenvalue weighted by molar-refractivity contribution is -0.0326. The predicted molar refractivity (Wildman–Crippen MR) is 83.2 cm³/mol. The third-order valence-corrected chi connectivity index (χ3v) is 5.31. The minimum atomic E-state index is -3.94. The minimum Gasteiger partial charge on any atom is -0.489 e. The topological polar surface area (TPSA) is 52.6 Å². The van der Waals surface area contributed by atoms with Crippen LogP contribution < -0.4 is 4.74 Å². The van der Waals surface area contributed by atoms with E-state index in [0.717, 1.165) is 12.8 Å². The van der Waals surface area contributed by atoms with Crippen molar-refractivity contribution >= 4 is 42.9 Å². The second-order valence-electron chi connectivity index (χ2n) is 5.50. The van der Waals surface area contributed by atoms with E-state index in [1.165, 1.54) is 12.1 Å². The molecular formula is C13H15Cl3O4S. The van der Waals surface area contributed by atoms with Crippen LogP contribution in [0.3, 0.4) is 0 Å². The van der Waals surface area contributed by atoms with Gasteiger partial charge in [-0.15, -0.1) is 0 Å². The number of ether oxygens (including phenoxy) is 2. The fourth-order valence-corrected chi connectivity index (χ4v) is 3.98. The van der Waals surface area contributed by atoms with Crippen molar-refractivity contribution < 1.29 is 17.9 Å². The summed E-state index contributed by atoms with van der Waals surface area (Å²) >= 11 is 11.9. The van der Waals surface area contributed by atoms with Crippen LogP contribution in [0.25, 0.3) is 0 Å². The van der Waals surface area contributed by atoms with E-state index in [2.05, 4.69) is 0 Å². The molecule has 1 saturated heterocycles. The first-order chi connectivity index (χ1) is 9.58. The molecule has 4 nitrogen and oxygen atoms in total. The van der Waals surface area contributed by atoms with Crippen molar-refractivity contribution in [3.05, 3.63) is 22.2 Å². The molecule has 0 saturated carbocycles. The van der Waals surface area contributed by atoms with Crippen LogP contribution in [0.2, 0.25) is 10.0 Å². The quantitative estimate of drug-likeness (QED) is 0.740. The highest BCUT2D eigenvalue weighted by molar-refractivity contribution is 8.13. The van der Waals surface area contributed by atoms with Crippen LogP contribution in [0.5, 0.6) is 5.75 Å². The van der Waals surface area contributed by atoms with Gasteiger partial charge >= 0.3 is 0 Å². The highest BCUT2D eigenvalue weighted by Gasteiger charge is 2.32. The molecule has 0 aliphatic carbocycles. The predicted octanol–water partition coefficient (Wildman–Crippen LogP) is 4.26. The van der Waals surface area contributed by atoms with Gasteiger partial charge in [0.05, 0.1) is 21.8 Å². The standard InChI is InChI=1S/C13H15Cl3O4S/c1-13(2)4-3-8(20-13)7-19-11-5-10(15)12(6-9(11)14)21(16,17)18/h5-6,8H,3-4,7H2,1-2H3. The third-order valence-electron chi connectivity index (χ3n) is 3.23. The van der Waals surface area contributed by atoms with Gasteiger partial charge in [-0.1, -0.05) is 23.2 Å². The Kier molecular flexibility index (Phi) is 5.01. The van der Waals surface area contributed by atoms with E-state index in [1.807, 2.05) is 13.8 Å². The minimum absolute atomic E-state index is 0.0220. The lowest BCUT2D eigenvalue weighted by Gasteiger charge is -2.19. The zero-order valence-corrected chi connectivity index (χ0v) is 14.6. The van der Waals surface area contributed by atoms with Crippen LogP contribution in [-0.2, 0) is 13.8 Å². The maximum Gasteiger partial charge on any atom is 0.262 e. The monoisotopic (exact) mass is 372 g/mol. The summed E-state index contributed by atoms with van der Waals surface area (Å²) in [4.78, 5) is -0.235. The molecule has 0 spiro atoms. The lowest BCUT2D eigenvalue weighted by Crippen LogP contribution is -2.23. The number of halogens is 3. The van der Waals surface area contributed by atoms with Crippen LogP contribution in [0, 0.1) is 0 Å². The molecular weight excluding hydrogens is 359 g/mol. The Balaban J connectivity index is 2.10. The summed E-state index contributed by atoms with van der Waals surface area (Å²) < 4.78 is 34.0. The molecule has 1 fully saturated rings. The van der Waals surface area contributed by atoms with Crippen molar-refractivity contribution in [2.75, 3.05) is 6.61 Å². The van der Waals surface area contributed by atoms with Gasteiger partial charge in [0.15, 0.2) is 0 Å². The largest absolute Gasteiger partial charge is 0.489 e. The first kappa shape index (κ1) is 17.2. The summed E-state index contributed by atoms with van der Waals surface area (Å²) in [6, 6.07) is 2.53. The molecule has 0 bridgehead atoms. The Bertz CT molecular complexity index is 643. The second-order valence-corrected chi connectivity index (χ2v) is 8.85. The number of rotatable bonds is 4. The Morgan fingerprint density at radius 2 is 2.00 bits per heavy atom. The Labute approximate surface area is 138 Å². The SMILES string of the molecule is CC1(C)CCC(COc2cc(Cl)c(S(=O)(=O)Cl)cc2Cl)O1. The summed E-state index contributed by atoms with van der Waals surface area (Å²) in [5.41, 5.74) is -0.147. The Morgan fingerprint density at radius 3 is 2.52 bits per heavy atom. The number of hydrogen-bond donors (Lipinski definition) is 0. The summed E-state index contributed by atoms with van der Waals surface area (Å²) in [5, 5.41) is 0.105. The van der Waals surface area contributed by atoms with E-state index in [9.17, 15) is 8.42 Å². The molecule has 0 aromatic heterocycles. The van der Waals surface area contributed by atoms with Gasteiger partial charge < -0.3 is 9.47 Å². The molecule has 0 N–H and O–H groups in total. The smallest absolute Gasteiger partial charge is 0.262 e. The van der Waals surface area contributed by atoms with Gasteiger partial charge in [0, 0.05) is 16.7 Å². The van der Waals surface area contributed by atoms with Gasteiger partial charge in [0.1, 0.15) is 17.3 Å². The molecule has 1 unspecified atom stereocenters. The van der Waals surface area contributed by atoms with Crippen molar-refractivity contribution in [2.24, 2.45) is 0 Å². The van der Waals surface area contributed by atoms with E-state index in [0.29, 0.717) is 12.4 Å². The van der Waals surface area contributed by atoms with Gasteiger partial charge in [-0.25, -0.2) is 8.42 Å². The maximum absolute atomic E-state index is 11.3. The lowest BCUT2D eigenvalue weighted by atomic mass is 10.1. The summed E-state index contributed by atoms with van der Waals surface area (Å²) in [6.45, 7) is 4.38. The van der Waals surface area contributed by atoms with Gasteiger partial charge in [-0.2, -0.15) is 0 Å². The second kappa shape index (κ2) is 6.13. The average molecular weight is 374 g/mol. The van der Waals surface area contributed by atoms with Gasteiger partial charge in [-0.05, 0) is 32.8 Å². The fourth-order valence-electron chi connectivity index (χ4n) is 2.19. The first-order valence-corrected chi connectivity index (χ1v) is 9.39. The fraction of sp³-hybridized carbons (Fsp3) is 0.538. The number of hydrogen-bond acceptors (Lipinski definition) is 4. The Hall–Kier alpha value is -0.200. The van der Waals surface area contributed by atoms with Gasteiger partial charge in [-0.3, -0.25) is 0 Å². The molecule has 118 valence electrons. The van der Waals surface area contributed by atoms with Crippen LogP contribution in [-0.4, -0.2) is 26.7 Å². The molecule has 0 radical (unpaired) electrons. The maximum atomic E-state index is 11.3. The van der Waals surface area contributed by atoms with Crippen molar-refractivity contribution in [1.29, 1.82) is 0 Å². The van der Waals surface area contributed by atoms with Crippen molar-refractivity contribution in [1.82, 2.24) is 0 Å². The molecule has 0 amide bonds. The summed E-state index contributed by atoms with van der Waals surface area (Å²) in [5.74, 6) is 0.305. The molecule has 21 heavy (non-hydrogen) atoms. The molecule has 1 aromatic rings. The van der Waals surface area contributed by atoms with E-state index in [1.54, 1.807) is 0 Å². The van der Waals surface area contributed by atoms with Crippen LogP contribution >= 0.6 is 33.9 Å². The molecule has 1 aliphatic heterocycles. The van der Waals surface area contributed by atoms with Crippen molar-refractivity contribution in [3.8, 4) is 5.75 Å². The molecule has 2 rings (SSSR count). The molecule has 1 aliphatic rings. The molecule has 8 heteroatoms. The van der Waals surface area contributed by atoms with Crippen LogP contribution in [0.15, 0.2) is 17.0 Å². The summed E-state index contributed by atoms with van der Waals surface area (Å²) in [7, 11) is 1.33. The molecule has 1 atom stereocenters.